The van der Waals surface area contributed by atoms with Gasteiger partial charge in [0.05, 0.1) is 5.56 Å². The van der Waals surface area contributed by atoms with Crippen LogP contribution in [0.15, 0.2) is 30.3 Å². The van der Waals surface area contributed by atoms with Crippen molar-refractivity contribution in [1.29, 1.82) is 0 Å². The maximum atomic E-state index is 10.5. The Bertz CT molecular complexity index is 228. The molecule has 0 amide bonds. The molecule has 1 rings (SSSR count). The zero-order chi connectivity index (χ0) is 7.40. The van der Waals surface area contributed by atoms with Crippen LogP contribution in [-0.2, 0) is 4.89 Å². The van der Waals surface area contributed by atoms with Gasteiger partial charge in [-0.3, -0.25) is 4.89 Å². The van der Waals surface area contributed by atoms with E-state index >= 15 is 0 Å². The van der Waals surface area contributed by atoms with Crippen LogP contribution in [0.4, 0.5) is 0 Å². The molecule has 0 aliphatic heterocycles. The Kier molecular flexibility index (Phi) is 8.64. The molecular weight excluding hydrogens is 167 g/mol. The van der Waals surface area contributed by atoms with Gasteiger partial charge in [0.25, 0.3) is 0 Å². The summed E-state index contributed by atoms with van der Waals surface area (Å²) in [5.41, 5.74) is 0.338. The smallest absolute Gasteiger partial charge is 1.00 e. The fourth-order valence-corrected chi connectivity index (χ4v) is 0.627. The van der Waals surface area contributed by atoms with Crippen LogP contribution in [0.2, 0.25) is 0 Å². The van der Waals surface area contributed by atoms with Crippen LogP contribution in [0.1, 0.15) is 19.2 Å². The molecule has 12 heavy (non-hydrogen) atoms. The monoisotopic (exact) mass is 178 g/mol. The number of rotatable bonds is 1. The van der Waals surface area contributed by atoms with Crippen LogP contribution in [0.3, 0.4) is 0 Å². The Balaban J connectivity index is -0.000000333. The molecule has 0 aromatic heterocycles. The topological polar surface area (TPSA) is 46.5 Å². The molecule has 0 aliphatic rings. The zero-order valence-electron chi connectivity index (χ0n) is 7.15. The van der Waals surface area contributed by atoms with Gasteiger partial charge in [-0.2, -0.15) is 5.26 Å². The van der Waals surface area contributed by atoms with Gasteiger partial charge < -0.3 is 1.43 Å². The molecule has 62 valence electrons. The van der Waals surface area contributed by atoms with Crippen molar-refractivity contribution < 1.29 is 45.9 Å². The van der Waals surface area contributed by atoms with E-state index in [9.17, 15) is 4.79 Å². The van der Waals surface area contributed by atoms with Crippen molar-refractivity contribution in [2.75, 3.05) is 0 Å². The molecule has 1 aromatic rings. The van der Waals surface area contributed by atoms with Gasteiger partial charge in [-0.15, -0.1) is 0 Å². The predicted octanol–water partition coefficient (Wildman–Crippen LogP) is -0.931. The predicted molar refractivity (Wildman–Crippen MR) is 42.3 cm³/mol. The molecule has 0 heterocycles. The van der Waals surface area contributed by atoms with Gasteiger partial charge in [-0.1, -0.05) is 25.6 Å². The average molecular weight is 178 g/mol. The number of hydrogen-bond donors (Lipinski definition) is 1. The minimum Gasteiger partial charge on any atom is -1.00 e. The van der Waals surface area contributed by atoms with Crippen LogP contribution in [0, 0.1) is 0 Å². The van der Waals surface area contributed by atoms with Crippen molar-refractivity contribution in [1.82, 2.24) is 0 Å². The molecule has 1 N–H and O–H groups in total. The summed E-state index contributed by atoms with van der Waals surface area (Å²) in [6.45, 7) is 0. The van der Waals surface area contributed by atoms with Crippen LogP contribution in [0.5, 0.6) is 0 Å². The zero-order valence-corrected chi connectivity index (χ0v) is 8.15. The van der Waals surface area contributed by atoms with E-state index in [0.29, 0.717) is 5.56 Å². The molecule has 3 nitrogen and oxygen atoms in total. The molecule has 0 saturated carbocycles. The Hall–Kier alpha value is -0.350. The Labute approximate surface area is 95.1 Å². The van der Waals surface area contributed by atoms with Gasteiger partial charge >= 0.3 is 35.5 Å². The van der Waals surface area contributed by atoms with Crippen LogP contribution >= 0.6 is 0 Å². The normalized spacial score (nSPS) is 7.42. The molecule has 0 fully saturated rings. The van der Waals surface area contributed by atoms with Gasteiger partial charge in [0.1, 0.15) is 0 Å². The molecule has 0 saturated heterocycles. The van der Waals surface area contributed by atoms with E-state index in [1.54, 1.807) is 30.3 Å². The minimum atomic E-state index is -0.736. The van der Waals surface area contributed by atoms with Crippen molar-refractivity contribution in [2.24, 2.45) is 0 Å². The summed E-state index contributed by atoms with van der Waals surface area (Å²) in [5.74, 6) is -0.736. The second-order valence-corrected chi connectivity index (χ2v) is 1.74. The molecule has 0 aliphatic carbocycles. The molecule has 1 aromatic carbocycles. The van der Waals surface area contributed by atoms with Crippen molar-refractivity contribution in [2.45, 2.75) is 7.43 Å². The Morgan fingerprint density at radius 2 is 1.83 bits per heavy atom. The van der Waals surface area contributed by atoms with Crippen molar-refractivity contribution >= 4 is 5.97 Å². The summed E-state index contributed by atoms with van der Waals surface area (Å²) < 4.78 is 0. The van der Waals surface area contributed by atoms with Crippen molar-refractivity contribution in [3.05, 3.63) is 35.9 Å². The SMILES string of the molecule is C.O=C(OO)c1ccccc1.[H-].[Na+]. The second-order valence-electron chi connectivity index (χ2n) is 1.74. The fraction of sp³-hybridized carbons (Fsp3) is 0.125. The van der Waals surface area contributed by atoms with E-state index in [2.05, 4.69) is 4.89 Å². The van der Waals surface area contributed by atoms with E-state index < -0.39 is 5.97 Å². The molecule has 0 spiro atoms. The second kappa shape index (κ2) is 7.31. The quantitative estimate of drug-likeness (QED) is 0.343. The summed E-state index contributed by atoms with van der Waals surface area (Å²) in [6, 6.07) is 8.25. The molecule has 0 bridgehead atoms. The van der Waals surface area contributed by atoms with Crippen molar-refractivity contribution in [3.8, 4) is 0 Å². The largest absolute Gasteiger partial charge is 1.00 e. The average Bonchev–Trinajstić information content (AvgIpc) is 2.05. The summed E-state index contributed by atoms with van der Waals surface area (Å²) >= 11 is 0. The van der Waals surface area contributed by atoms with E-state index in [0.717, 1.165) is 0 Å². The van der Waals surface area contributed by atoms with Crippen LogP contribution < -0.4 is 29.6 Å². The minimum absolute atomic E-state index is 0. The molecule has 4 heteroatoms. The maximum absolute atomic E-state index is 10.5. The number of hydrogen-bond acceptors (Lipinski definition) is 3. The maximum Gasteiger partial charge on any atom is 1.00 e. The summed E-state index contributed by atoms with van der Waals surface area (Å²) in [6.07, 6.45) is 0. The third-order valence-corrected chi connectivity index (χ3v) is 1.09. The van der Waals surface area contributed by atoms with E-state index in [1.165, 1.54) is 0 Å². The molecule has 0 radical (unpaired) electrons. The Morgan fingerprint density at radius 3 is 2.25 bits per heavy atom. The fourth-order valence-electron chi connectivity index (χ4n) is 0.627. The van der Waals surface area contributed by atoms with Crippen LogP contribution in [-0.4, -0.2) is 11.2 Å². The first-order valence-electron chi connectivity index (χ1n) is 2.75. The summed E-state index contributed by atoms with van der Waals surface area (Å²) in [4.78, 5) is 14.0. The standard InChI is InChI=1S/C7H6O3.CH4.Na.H/c8-7(10-9)6-4-2-1-3-5-6;;;/h1-5,9H;1H4;;/q;;+1;-1. The van der Waals surface area contributed by atoms with Gasteiger partial charge in [-0.05, 0) is 12.1 Å². The first kappa shape index (κ1) is 14.2. The summed E-state index contributed by atoms with van der Waals surface area (Å²) in [5, 5.41) is 7.94. The van der Waals surface area contributed by atoms with Crippen LogP contribution in [0.25, 0.3) is 0 Å². The molecule has 0 atom stereocenters. The number of benzene rings is 1. The Morgan fingerprint density at radius 1 is 1.33 bits per heavy atom. The van der Waals surface area contributed by atoms with Gasteiger partial charge in [0.2, 0.25) is 0 Å². The molecular formula is C8H11NaO3. The first-order valence-corrected chi connectivity index (χ1v) is 2.75. The van der Waals surface area contributed by atoms with Gasteiger partial charge in [-0.25, -0.2) is 4.79 Å². The first-order chi connectivity index (χ1) is 4.84. The van der Waals surface area contributed by atoms with E-state index in [1.807, 2.05) is 0 Å². The summed E-state index contributed by atoms with van der Waals surface area (Å²) in [7, 11) is 0. The number of carbonyl (C=O) groups is 1. The van der Waals surface area contributed by atoms with E-state index in [4.69, 9.17) is 5.26 Å². The van der Waals surface area contributed by atoms with Gasteiger partial charge in [0, 0.05) is 0 Å². The molecule has 0 unspecified atom stereocenters. The van der Waals surface area contributed by atoms with Gasteiger partial charge in [0.15, 0.2) is 0 Å². The van der Waals surface area contributed by atoms with Crippen molar-refractivity contribution in [3.63, 3.8) is 0 Å². The third-order valence-electron chi connectivity index (χ3n) is 1.09. The third kappa shape index (κ3) is 3.88. The van der Waals surface area contributed by atoms with E-state index in [-0.39, 0.29) is 38.4 Å². The number of carbonyl (C=O) groups excluding carboxylic acids is 1.